The van der Waals surface area contributed by atoms with E-state index in [1.54, 1.807) is 0 Å². The van der Waals surface area contributed by atoms with Gasteiger partial charge in [0.15, 0.2) is 0 Å². The summed E-state index contributed by atoms with van der Waals surface area (Å²) < 4.78 is 0. The molecule has 0 aliphatic carbocycles. The van der Waals surface area contributed by atoms with Crippen molar-refractivity contribution in [3.05, 3.63) is 11.8 Å². The van der Waals surface area contributed by atoms with Crippen LogP contribution in [0.5, 0.6) is 0 Å². The molecule has 1 N–H and O–H groups in total. The highest BCUT2D eigenvalue weighted by molar-refractivity contribution is 6.65. The molecule has 0 radical (unpaired) electrons. The van der Waals surface area contributed by atoms with Gasteiger partial charge in [0.05, 0.1) is 17.5 Å². The molecule has 2 aliphatic heterocycles. The van der Waals surface area contributed by atoms with Gasteiger partial charge in [-0.15, -0.1) is 0 Å². The van der Waals surface area contributed by atoms with Crippen LogP contribution in [0.15, 0.2) is 27.0 Å². The van der Waals surface area contributed by atoms with Gasteiger partial charge in [-0.05, 0) is 0 Å². The quantitative estimate of drug-likeness (QED) is 0.601. The Hall–Kier alpha value is -1.78. The third kappa shape index (κ3) is 0.952. The van der Waals surface area contributed by atoms with Crippen molar-refractivity contribution in [2.75, 3.05) is 0 Å². The Balaban J connectivity index is 2.33. The molecule has 0 aromatic heterocycles. The van der Waals surface area contributed by atoms with Crippen LogP contribution in [-0.2, 0) is 4.79 Å². The lowest BCUT2D eigenvalue weighted by Crippen LogP contribution is -2.18. The summed E-state index contributed by atoms with van der Waals surface area (Å²) in [5, 5.41) is 16.0. The minimum Gasteiger partial charge on any atom is -0.478 e. The number of aliphatic imine (C=N–C) groups is 1. The van der Waals surface area contributed by atoms with E-state index in [1.165, 1.54) is 12.4 Å². The molecule has 60 valence electrons. The van der Waals surface area contributed by atoms with Crippen LogP contribution in [0.25, 0.3) is 0 Å². The van der Waals surface area contributed by atoms with E-state index < -0.39 is 5.97 Å². The first-order valence-corrected chi connectivity index (χ1v) is 3.38. The third-order valence-electron chi connectivity index (χ3n) is 1.65. The Labute approximate surface area is 67.8 Å². The Morgan fingerprint density at radius 3 is 3.17 bits per heavy atom. The molecular weight excluding hydrogens is 158 g/mol. The number of carboxylic acids is 1. The maximum Gasteiger partial charge on any atom is 0.333 e. The second-order valence-electron chi connectivity index (χ2n) is 2.44. The summed E-state index contributed by atoms with van der Waals surface area (Å²) in [6, 6.07) is 0. The molecule has 2 heterocycles. The van der Waals surface area contributed by atoms with Crippen LogP contribution in [0, 0.1) is 0 Å². The zero-order valence-corrected chi connectivity index (χ0v) is 6.06. The largest absolute Gasteiger partial charge is 0.478 e. The fraction of sp³-hybridized carbons (Fsp3) is 0.143. The van der Waals surface area contributed by atoms with Gasteiger partial charge in [-0.1, -0.05) is 0 Å². The number of rotatable bonds is 1. The second kappa shape index (κ2) is 2.37. The SMILES string of the molecule is O=C(O)C1=CN=C2C=NN=C2C1. The van der Waals surface area contributed by atoms with Crippen molar-refractivity contribution in [1.82, 2.24) is 0 Å². The van der Waals surface area contributed by atoms with E-state index >= 15 is 0 Å². The molecular formula is C7H5N3O2. The maximum atomic E-state index is 10.5. The van der Waals surface area contributed by atoms with Crippen molar-refractivity contribution in [2.24, 2.45) is 15.2 Å². The van der Waals surface area contributed by atoms with Crippen molar-refractivity contribution >= 4 is 23.6 Å². The molecule has 2 rings (SSSR count). The predicted molar refractivity (Wildman–Crippen MR) is 43.7 cm³/mol. The van der Waals surface area contributed by atoms with Crippen molar-refractivity contribution < 1.29 is 9.90 Å². The van der Waals surface area contributed by atoms with Gasteiger partial charge >= 0.3 is 5.97 Å². The summed E-state index contributed by atoms with van der Waals surface area (Å²) in [6.45, 7) is 0. The molecule has 5 heteroatoms. The zero-order chi connectivity index (χ0) is 8.55. The van der Waals surface area contributed by atoms with E-state index in [9.17, 15) is 4.79 Å². The highest BCUT2D eigenvalue weighted by atomic mass is 16.4. The molecule has 0 saturated carbocycles. The van der Waals surface area contributed by atoms with E-state index in [2.05, 4.69) is 15.2 Å². The number of fused-ring (bicyclic) bond motifs is 1. The highest BCUT2D eigenvalue weighted by Gasteiger charge is 2.20. The van der Waals surface area contributed by atoms with Crippen LogP contribution in [0.4, 0.5) is 0 Å². The van der Waals surface area contributed by atoms with Crippen molar-refractivity contribution in [3.63, 3.8) is 0 Å². The van der Waals surface area contributed by atoms with E-state index in [-0.39, 0.29) is 5.57 Å². The number of hydrogen-bond donors (Lipinski definition) is 1. The van der Waals surface area contributed by atoms with Gasteiger partial charge in [0.25, 0.3) is 0 Å². The maximum absolute atomic E-state index is 10.5. The molecule has 0 unspecified atom stereocenters. The monoisotopic (exact) mass is 163 g/mol. The second-order valence-corrected chi connectivity index (χ2v) is 2.44. The zero-order valence-electron chi connectivity index (χ0n) is 6.06. The minimum absolute atomic E-state index is 0.253. The summed E-state index contributed by atoms with van der Waals surface area (Å²) >= 11 is 0. The van der Waals surface area contributed by atoms with Gasteiger partial charge in [-0.2, -0.15) is 10.2 Å². The molecule has 0 spiro atoms. The highest BCUT2D eigenvalue weighted by Crippen LogP contribution is 2.13. The summed E-state index contributed by atoms with van der Waals surface area (Å²) in [6.07, 6.45) is 3.17. The molecule has 0 aromatic rings. The van der Waals surface area contributed by atoms with Gasteiger partial charge in [0, 0.05) is 12.6 Å². The lowest BCUT2D eigenvalue weighted by atomic mass is 10.0. The Morgan fingerprint density at radius 2 is 2.42 bits per heavy atom. The van der Waals surface area contributed by atoms with Crippen molar-refractivity contribution in [3.8, 4) is 0 Å². The number of aliphatic carboxylic acids is 1. The average molecular weight is 163 g/mol. The minimum atomic E-state index is -0.951. The van der Waals surface area contributed by atoms with Crippen LogP contribution >= 0.6 is 0 Å². The smallest absolute Gasteiger partial charge is 0.333 e. The van der Waals surface area contributed by atoms with Crippen LogP contribution in [0.3, 0.4) is 0 Å². The standard InChI is InChI=1S/C7H5N3O2/c11-7(12)4-1-5-6(8-2-4)3-9-10-5/h2-3H,1H2,(H,11,12). The first-order valence-electron chi connectivity index (χ1n) is 3.38. The van der Waals surface area contributed by atoms with E-state index in [0.29, 0.717) is 17.8 Å². The number of nitrogens with zero attached hydrogens (tertiary/aromatic N) is 3. The topological polar surface area (TPSA) is 74.4 Å². The Kier molecular flexibility index (Phi) is 1.36. The normalized spacial score (nSPS) is 19.5. The molecule has 12 heavy (non-hydrogen) atoms. The van der Waals surface area contributed by atoms with Crippen molar-refractivity contribution in [2.45, 2.75) is 6.42 Å². The van der Waals surface area contributed by atoms with E-state index in [4.69, 9.17) is 5.11 Å². The van der Waals surface area contributed by atoms with E-state index in [0.717, 1.165) is 0 Å². The fourth-order valence-corrected chi connectivity index (χ4v) is 1.02. The molecule has 0 saturated heterocycles. The van der Waals surface area contributed by atoms with Crippen LogP contribution in [-0.4, -0.2) is 28.7 Å². The fourth-order valence-electron chi connectivity index (χ4n) is 1.02. The lowest BCUT2D eigenvalue weighted by molar-refractivity contribution is -0.132. The first kappa shape index (κ1) is 6.90. The van der Waals surface area contributed by atoms with Gasteiger partial charge in [-0.25, -0.2) is 4.79 Å². The molecule has 2 aliphatic rings. The summed E-state index contributed by atoms with van der Waals surface area (Å²) in [5.41, 5.74) is 1.55. The average Bonchev–Trinajstić information content (AvgIpc) is 2.49. The summed E-state index contributed by atoms with van der Waals surface area (Å²) in [4.78, 5) is 14.4. The number of carbonyl (C=O) groups is 1. The van der Waals surface area contributed by atoms with Gasteiger partial charge in [-0.3, -0.25) is 4.99 Å². The third-order valence-corrected chi connectivity index (χ3v) is 1.65. The molecule has 5 nitrogen and oxygen atoms in total. The van der Waals surface area contributed by atoms with Crippen molar-refractivity contribution in [1.29, 1.82) is 0 Å². The first-order chi connectivity index (χ1) is 5.77. The van der Waals surface area contributed by atoms with Crippen LogP contribution in [0.2, 0.25) is 0 Å². The Bertz CT molecular complexity index is 363. The molecule has 0 fully saturated rings. The molecule has 0 aromatic carbocycles. The lowest BCUT2D eigenvalue weighted by Gasteiger charge is -2.05. The summed E-state index contributed by atoms with van der Waals surface area (Å²) in [5.74, 6) is -0.951. The predicted octanol–water partition coefficient (Wildman–Crippen LogP) is 0.240. The molecule has 0 bridgehead atoms. The summed E-state index contributed by atoms with van der Waals surface area (Å²) in [7, 11) is 0. The van der Waals surface area contributed by atoms with Gasteiger partial charge in [0.1, 0.15) is 5.71 Å². The molecule has 0 atom stereocenters. The Morgan fingerprint density at radius 1 is 1.58 bits per heavy atom. The van der Waals surface area contributed by atoms with Crippen LogP contribution < -0.4 is 0 Å². The number of carboxylic acid groups (broad SMARTS) is 1. The molecule has 0 amide bonds. The number of hydrogen-bond acceptors (Lipinski definition) is 4. The van der Waals surface area contributed by atoms with Gasteiger partial charge < -0.3 is 5.11 Å². The van der Waals surface area contributed by atoms with E-state index in [1.807, 2.05) is 0 Å². The van der Waals surface area contributed by atoms with Crippen LogP contribution in [0.1, 0.15) is 6.42 Å². The van der Waals surface area contributed by atoms with Gasteiger partial charge in [0.2, 0.25) is 0 Å².